The van der Waals surface area contributed by atoms with E-state index in [1.807, 2.05) is 6.07 Å². The number of benzene rings is 1. The molecule has 1 fully saturated rings. The van der Waals surface area contributed by atoms with Gasteiger partial charge in [0.1, 0.15) is 4.90 Å². The zero-order chi connectivity index (χ0) is 15.0. The third-order valence-corrected chi connectivity index (χ3v) is 6.72. The molecule has 4 nitrogen and oxygen atoms in total. The normalized spacial score (nSPS) is 23.5. The predicted octanol–water partition coefficient (Wildman–Crippen LogP) is 3.14. The maximum Gasteiger partial charge on any atom is 0.242 e. The fourth-order valence-corrected chi connectivity index (χ4v) is 5.61. The number of fused-ring (bicyclic) bond motifs is 1. The highest BCUT2D eigenvalue weighted by Crippen LogP contribution is 2.32. The first-order valence-corrected chi connectivity index (χ1v) is 9.57. The molecule has 1 saturated carbocycles. The Hall–Kier alpha value is -0.660. The summed E-state index contributed by atoms with van der Waals surface area (Å²) in [7, 11) is -3.56. The van der Waals surface area contributed by atoms with Crippen LogP contribution in [0.15, 0.2) is 28.5 Å². The van der Waals surface area contributed by atoms with E-state index in [9.17, 15) is 13.5 Å². The zero-order valence-electron chi connectivity index (χ0n) is 11.3. The van der Waals surface area contributed by atoms with Crippen molar-refractivity contribution in [2.45, 2.75) is 42.7 Å². The van der Waals surface area contributed by atoms with E-state index in [1.165, 1.54) is 11.3 Å². The van der Waals surface area contributed by atoms with Crippen molar-refractivity contribution in [3.63, 3.8) is 0 Å². The zero-order valence-corrected chi connectivity index (χ0v) is 13.6. The lowest BCUT2D eigenvalue weighted by molar-refractivity contribution is 0.120. The van der Waals surface area contributed by atoms with Gasteiger partial charge in [0.05, 0.1) is 6.10 Å². The first kappa shape index (κ1) is 15.2. The molecule has 7 heteroatoms. The number of nitrogens with one attached hydrogen (secondary N) is 1. The first-order valence-electron chi connectivity index (χ1n) is 6.83. The van der Waals surface area contributed by atoms with E-state index >= 15 is 0 Å². The molecule has 0 spiro atoms. The molecule has 0 atom stereocenters. The Balaban J connectivity index is 1.88. The van der Waals surface area contributed by atoms with Crippen molar-refractivity contribution in [2.75, 3.05) is 0 Å². The number of halogens is 1. The summed E-state index contributed by atoms with van der Waals surface area (Å²) in [5.41, 5.74) is 0. The number of sulfonamides is 1. The third kappa shape index (κ3) is 3.24. The first-order chi connectivity index (χ1) is 9.95. The van der Waals surface area contributed by atoms with E-state index in [4.69, 9.17) is 11.6 Å². The molecule has 0 aliphatic heterocycles. The highest BCUT2D eigenvalue weighted by atomic mass is 35.5. The molecule has 2 N–H and O–H groups in total. The molecule has 2 aromatic rings. The van der Waals surface area contributed by atoms with Crippen LogP contribution >= 0.6 is 22.9 Å². The summed E-state index contributed by atoms with van der Waals surface area (Å²) >= 11 is 7.36. The van der Waals surface area contributed by atoms with E-state index < -0.39 is 10.0 Å². The number of thiophene rings is 1. The second kappa shape index (κ2) is 5.85. The Morgan fingerprint density at radius 2 is 1.95 bits per heavy atom. The summed E-state index contributed by atoms with van der Waals surface area (Å²) in [6, 6.07) is 5.17. The van der Waals surface area contributed by atoms with Gasteiger partial charge in [0.25, 0.3) is 0 Å². The van der Waals surface area contributed by atoms with Gasteiger partial charge in [-0.05, 0) is 43.9 Å². The SMILES string of the molecule is O=S(=O)(NC1CCC(O)CC1)c1csc2ccc(Cl)cc12. The number of aliphatic hydroxyl groups is 1. The van der Waals surface area contributed by atoms with Gasteiger partial charge in [-0.3, -0.25) is 0 Å². The van der Waals surface area contributed by atoms with Crippen LogP contribution < -0.4 is 4.72 Å². The summed E-state index contributed by atoms with van der Waals surface area (Å²) in [6.45, 7) is 0. The molecule has 114 valence electrons. The van der Waals surface area contributed by atoms with Crippen LogP contribution in [0.2, 0.25) is 5.02 Å². The Labute approximate surface area is 132 Å². The van der Waals surface area contributed by atoms with Gasteiger partial charge in [-0.15, -0.1) is 11.3 Å². The fourth-order valence-electron chi connectivity index (χ4n) is 2.66. The highest BCUT2D eigenvalue weighted by molar-refractivity contribution is 7.90. The Morgan fingerprint density at radius 1 is 1.24 bits per heavy atom. The highest BCUT2D eigenvalue weighted by Gasteiger charge is 2.26. The van der Waals surface area contributed by atoms with Gasteiger partial charge in [0.2, 0.25) is 10.0 Å². The second-order valence-corrected chi connectivity index (χ2v) is 8.40. The monoisotopic (exact) mass is 345 g/mol. The molecule has 1 aliphatic rings. The Morgan fingerprint density at radius 3 is 2.67 bits per heavy atom. The molecule has 0 bridgehead atoms. The van der Waals surface area contributed by atoms with Crippen molar-refractivity contribution >= 4 is 43.0 Å². The van der Waals surface area contributed by atoms with E-state index in [0.717, 1.165) is 4.70 Å². The molecular formula is C14H16ClNO3S2. The van der Waals surface area contributed by atoms with Gasteiger partial charge in [0, 0.05) is 26.5 Å². The van der Waals surface area contributed by atoms with Crippen molar-refractivity contribution < 1.29 is 13.5 Å². The molecule has 1 aromatic carbocycles. The minimum atomic E-state index is -3.56. The lowest BCUT2D eigenvalue weighted by atomic mass is 9.94. The van der Waals surface area contributed by atoms with Crippen LogP contribution in [0, 0.1) is 0 Å². The largest absolute Gasteiger partial charge is 0.393 e. The van der Waals surface area contributed by atoms with Gasteiger partial charge >= 0.3 is 0 Å². The van der Waals surface area contributed by atoms with Crippen molar-refractivity contribution in [1.82, 2.24) is 4.72 Å². The molecule has 1 aromatic heterocycles. The molecule has 3 rings (SSSR count). The number of hydrogen-bond acceptors (Lipinski definition) is 4. The predicted molar refractivity (Wildman–Crippen MR) is 85.4 cm³/mol. The Kier molecular flexibility index (Phi) is 4.25. The smallest absolute Gasteiger partial charge is 0.242 e. The molecule has 0 radical (unpaired) electrons. The maximum atomic E-state index is 12.6. The van der Waals surface area contributed by atoms with Crippen LogP contribution in [0.5, 0.6) is 0 Å². The van der Waals surface area contributed by atoms with Gasteiger partial charge in [-0.2, -0.15) is 0 Å². The number of hydrogen-bond donors (Lipinski definition) is 2. The molecule has 0 unspecified atom stereocenters. The van der Waals surface area contributed by atoms with Crippen molar-refractivity contribution in [3.05, 3.63) is 28.6 Å². The lowest BCUT2D eigenvalue weighted by Gasteiger charge is -2.25. The summed E-state index contributed by atoms with van der Waals surface area (Å²) in [5, 5.41) is 12.3. The van der Waals surface area contributed by atoms with Gasteiger partial charge < -0.3 is 5.11 Å². The van der Waals surface area contributed by atoms with E-state index in [2.05, 4.69) is 4.72 Å². The molecule has 0 amide bonds. The quantitative estimate of drug-likeness (QED) is 0.898. The van der Waals surface area contributed by atoms with E-state index in [0.29, 0.717) is 36.1 Å². The molecule has 1 aliphatic carbocycles. The molecule has 1 heterocycles. The minimum absolute atomic E-state index is 0.104. The van der Waals surface area contributed by atoms with Crippen molar-refractivity contribution in [1.29, 1.82) is 0 Å². The maximum absolute atomic E-state index is 12.6. The second-order valence-electron chi connectivity index (χ2n) is 5.37. The van der Waals surface area contributed by atoms with E-state index in [1.54, 1.807) is 17.5 Å². The van der Waals surface area contributed by atoms with Gasteiger partial charge in [0.15, 0.2) is 0 Å². The number of aliphatic hydroxyl groups excluding tert-OH is 1. The van der Waals surface area contributed by atoms with Crippen LogP contribution in [-0.2, 0) is 10.0 Å². The van der Waals surface area contributed by atoms with Crippen LogP contribution in [-0.4, -0.2) is 25.7 Å². The summed E-state index contributed by atoms with van der Waals surface area (Å²) in [4.78, 5) is 0.288. The molecule has 21 heavy (non-hydrogen) atoms. The van der Waals surface area contributed by atoms with Crippen molar-refractivity contribution in [3.8, 4) is 0 Å². The van der Waals surface area contributed by atoms with Crippen LogP contribution in [0.3, 0.4) is 0 Å². The van der Waals surface area contributed by atoms with E-state index in [-0.39, 0.29) is 17.0 Å². The van der Waals surface area contributed by atoms with Gasteiger partial charge in [-0.1, -0.05) is 11.6 Å². The Bertz CT molecular complexity index is 749. The molecular weight excluding hydrogens is 330 g/mol. The lowest BCUT2D eigenvalue weighted by Crippen LogP contribution is -2.38. The summed E-state index contributed by atoms with van der Waals surface area (Å²) < 4.78 is 28.8. The minimum Gasteiger partial charge on any atom is -0.393 e. The van der Waals surface area contributed by atoms with Crippen LogP contribution in [0.1, 0.15) is 25.7 Å². The van der Waals surface area contributed by atoms with Crippen LogP contribution in [0.25, 0.3) is 10.1 Å². The average molecular weight is 346 g/mol. The summed E-state index contributed by atoms with van der Waals surface area (Å²) in [6.07, 6.45) is 2.32. The van der Waals surface area contributed by atoms with Crippen LogP contribution in [0.4, 0.5) is 0 Å². The average Bonchev–Trinajstić information content (AvgIpc) is 2.85. The summed E-state index contributed by atoms with van der Waals surface area (Å²) in [5.74, 6) is 0. The standard InChI is InChI=1S/C14H16ClNO3S2/c15-9-1-6-13-12(7-9)14(8-20-13)21(18,19)16-10-2-4-11(17)5-3-10/h1,6-8,10-11,16-17H,2-5H2. The third-order valence-electron chi connectivity index (χ3n) is 3.81. The fraction of sp³-hybridized carbons (Fsp3) is 0.429. The van der Waals surface area contributed by atoms with Gasteiger partial charge in [-0.25, -0.2) is 13.1 Å². The topological polar surface area (TPSA) is 66.4 Å². The number of rotatable bonds is 3. The van der Waals surface area contributed by atoms with Crippen molar-refractivity contribution in [2.24, 2.45) is 0 Å². The molecule has 0 saturated heterocycles.